The number of hydrogen-bond donors (Lipinski definition) is 3. The Morgan fingerprint density at radius 2 is 1.93 bits per heavy atom. The Balaban J connectivity index is 0.00000261. The average molecular weight is 482 g/mol. The van der Waals surface area contributed by atoms with Crippen molar-refractivity contribution in [2.75, 3.05) is 32.1 Å². The van der Waals surface area contributed by atoms with Crippen LogP contribution in [0.1, 0.15) is 11.1 Å². The van der Waals surface area contributed by atoms with Crippen LogP contribution in [0.25, 0.3) is 0 Å². The van der Waals surface area contributed by atoms with Gasteiger partial charge in [0, 0.05) is 25.3 Å². The third-order valence-electron chi connectivity index (χ3n) is 4.51. The number of halogens is 1. The number of fused-ring (bicyclic) bond motifs is 1. The Kier molecular flexibility index (Phi) is 8.33. The number of nitrogens with zero attached hydrogens (tertiary/aromatic N) is 2. The van der Waals surface area contributed by atoms with Crippen LogP contribution in [0.3, 0.4) is 0 Å². The van der Waals surface area contributed by atoms with Gasteiger partial charge < -0.3 is 20.9 Å². The van der Waals surface area contributed by atoms with E-state index in [1.165, 1.54) is 11.1 Å². The van der Waals surface area contributed by atoms with Gasteiger partial charge >= 0.3 is 0 Å². The highest BCUT2D eigenvalue weighted by Gasteiger charge is 2.18. The molecule has 0 amide bonds. The van der Waals surface area contributed by atoms with Crippen LogP contribution >= 0.6 is 24.0 Å². The quantitative estimate of drug-likeness (QED) is 0.335. The first-order valence-electron chi connectivity index (χ1n) is 8.82. The third-order valence-corrected chi connectivity index (χ3v) is 4.51. The first-order valence-corrected chi connectivity index (χ1v) is 8.82. The monoisotopic (exact) mass is 482 g/mol. The number of hydrogen-bond acceptors (Lipinski definition) is 4. The minimum Gasteiger partial charge on any atom is -0.497 e. The smallest absolute Gasteiger partial charge is 0.193 e. The van der Waals surface area contributed by atoms with Gasteiger partial charge in [-0.15, -0.1) is 24.0 Å². The summed E-state index contributed by atoms with van der Waals surface area (Å²) in [4.78, 5) is 6.51. The summed E-state index contributed by atoms with van der Waals surface area (Å²) in [6, 6.07) is 15.9. The van der Waals surface area contributed by atoms with Gasteiger partial charge in [-0.1, -0.05) is 24.3 Å². The predicted molar refractivity (Wildman–Crippen MR) is 120 cm³/mol. The average Bonchev–Trinajstić information content (AvgIpc) is 2.67. The fraction of sp³-hybridized carbons (Fsp3) is 0.350. The molecule has 0 bridgehead atoms. The summed E-state index contributed by atoms with van der Waals surface area (Å²) in [7, 11) is 1.63. The molecule has 0 aliphatic carbocycles. The van der Waals surface area contributed by atoms with E-state index in [9.17, 15) is 5.11 Å². The molecule has 1 aliphatic heterocycles. The second-order valence-electron chi connectivity index (χ2n) is 6.49. The molecule has 146 valence electrons. The molecule has 2 aromatic carbocycles. The Morgan fingerprint density at radius 3 is 2.63 bits per heavy atom. The molecule has 0 saturated heterocycles. The summed E-state index contributed by atoms with van der Waals surface area (Å²) in [5.74, 6) is 1.07. The van der Waals surface area contributed by atoms with Gasteiger partial charge in [0.2, 0.25) is 0 Å². The number of methoxy groups -OCH3 is 1. The van der Waals surface area contributed by atoms with Gasteiger partial charge in [0.25, 0.3) is 0 Å². The van der Waals surface area contributed by atoms with Gasteiger partial charge in [0.05, 0.1) is 19.8 Å². The van der Waals surface area contributed by atoms with Crippen LogP contribution in [0.4, 0.5) is 5.69 Å². The number of nitrogens with two attached hydrogens (primary N) is 1. The van der Waals surface area contributed by atoms with Crippen LogP contribution in [0.2, 0.25) is 0 Å². The predicted octanol–water partition coefficient (Wildman–Crippen LogP) is 2.46. The molecule has 3 rings (SSSR count). The fourth-order valence-electron chi connectivity index (χ4n) is 3.13. The highest BCUT2D eigenvalue weighted by Crippen LogP contribution is 2.18. The minimum absolute atomic E-state index is 0. The first kappa shape index (κ1) is 21.5. The number of nitrogens with one attached hydrogen (secondary N) is 1. The van der Waals surface area contributed by atoms with Crippen molar-refractivity contribution < 1.29 is 9.84 Å². The lowest BCUT2D eigenvalue weighted by molar-refractivity contribution is 0.112. The molecule has 1 unspecified atom stereocenters. The van der Waals surface area contributed by atoms with E-state index >= 15 is 0 Å². The Labute approximate surface area is 177 Å². The molecular weight excluding hydrogens is 455 g/mol. The van der Waals surface area contributed by atoms with E-state index in [1.54, 1.807) is 7.11 Å². The number of anilines is 1. The fourth-order valence-corrected chi connectivity index (χ4v) is 3.13. The lowest BCUT2D eigenvalue weighted by Gasteiger charge is -2.30. The number of aliphatic hydroxyl groups excluding tert-OH is 1. The molecule has 7 heteroatoms. The maximum absolute atomic E-state index is 10.3. The topological polar surface area (TPSA) is 83.1 Å². The van der Waals surface area contributed by atoms with E-state index in [0.717, 1.165) is 30.9 Å². The highest BCUT2D eigenvalue weighted by atomic mass is 127. The molecule has 6 nitrogen and oxygen atoms in total. The van der Waals surface area contributed by atoms with E-state index < -0.39 is 6.10 Å². The zero-order chi connectivity index (χ0) is 18.4. The van der Waals surface area contributed by atoms with Gasteiger partial charge in [0.1, 0.15) is 5.75 Å². The Hall–Kier alpha value is -1.84. The molecule has 0 aromatic heterocycles. The van der Waals surface area contributed by atoms with Gasteiger partial charge in [0.15, 0.2) is 5.96 Å². The summed E-state index contributed by atoms with van der Waals surface area (Å²) in [6.45, 7) is 2.69. The largest absolute Gasteiger partial charge is 0.497 e. The van der Waals surface area contributed by atoms with E-state index in [1.807, 2.05) is 24.3 Å². The van der Waals surface area contributed by atoms with Gasteiger partial charge in [-0.3, -0.25) is 9.89 Å². The van der Waals surface area contributed by atoms with E-state index in [2.05, 4.69) is 39.5 Å². The minimum atomic E-state index is -0.545. The molecule has 1 heterocycles. The zero-order valence-electron chi connectivity index (χ0n) is 15.5. The summed E-state index contributed by atoms with van der Waals surface area (Å²) >= 11 is 0. The number of benzene rings is 2. The van der Waals surface area contributed by atoms with Crippen molar-refractivity contribution in [3.63, 3.8) is 0 Å². The number of aliphatic imine (C=N–C) groups is 1. The van der Waals surface area contributed by atoms with E-state index in [-0.39, 0.29) is 30.5 Å². The standard InChI is InChI=1S/C20H26N4O2.HI/c1-26-19-8-6-17(7-9-19)23-20(21)22-12-18(25)14-24-11-10-15-4-2-3-5-16(15)13-24;/h2-9,18,25H,10-14H2,1H3,(H3,21,22,23);1H. The number of guanidine groups is 1. The van der Waals surface area contributed by atoms with Crippen molar-refractivity contribution in [3.05, 3.63) is 59.7 Å². The van der Waals surface area contributed by atoms with Crippen LogP contribution < -0.4 is 15.8 Å². The first-order chi connectivity index (χ1) is 12.6. The molecule has 0 spiro atoms. The number of β-amino-alcohol motifs (C(OH)–C–C–N with tert-alkyl or cyclic N) is 1. The van der Waals surface area contributed by atoms with E-state index in [0.29, 0.717) is 12.5 Å². The highest BCUT2D eigenvalue weighted by molar-refractivity contribution is 14.0. The maximum Gasteiger partial charge on any atom is 0.193 e. The van der Waals surface area contributed by atoms with Crippen molar-refractivity contribution in [1.82, 2.24) is 4.90 Å². The maximum atomic E-state index is 10.3. The molecule has 1 atom stereocenters. The van der Waals surface area contributed by atoms with Gasteiger partial charge in [-0.25, -0.2) is 0 Å². The molecule has 27 heavy (non-hydrogen) atoms. The van der Waals surface area contributed by atoms with Crippen LogP contribution in [-0.4, -0.2) is 48.8 Å². The molecule has 4 N–H and O–H groups in total. The zero-order valence-corrected chi connectivity index (χ0v) is 17.8. The van der Waals surface area contributed by atoms with E-state index in [4.69, 9.17) is 10.5 Å². The number of ether oxygens (including phenoxy) is 1. The lowest BCUT2D eigenvalue weighted by atomic mass is 10.00. The van der Waals surface area contributed by atoms with Crippen molar-refractivity contribution in [1.29, 1.82) is 0 Å². The summed E-state index contributed by atoms with van der Waals surface area (Å²) < 4.78 is 5.12. The lowest BCUT2D eigenvalue weighted by Crippen LogP contribution is -2.38. The molecule has 1 aliphatic rings. The molecule has 0 saturated carbocycles. The normalized spacial score (nSPS) is 15.4. The molecular formula is C20H27IN4O2. The third kappa shape index (κ3) is 6.37. The van der Waals surface area contributed by atoms with Crippen molar-refractivity contribution >= 4 is 35.6 Å². The summed E-state index contributed by atoms with van der Waals surface area (Å²) in [5.41, 5.74) is 9.48. The van der Waals surface area contributed by atoms with Crippen LogP contribution in [0.5, 0.6) is 5.75 Å². The van der Waals surface area contributed by atoms with Gasteiger partial charge in [-0.05, 0) is 41.8 Å². The van der Waals surface area contributed by atoms with Crippen LogP contribution in [0.15, 0.2) is 53.5 Å². The van der Waals surface area contributed by atoms with Crippen molar-refractivity contribution in [2.24, 2.45) is 10.7 Å². The Morgan fingerprint density at radius 1 is 1.22 bits per heavy atom. The van der Waals surface area contributed by atoms with Gasteiger partial charge in [-0.2, -0.15) is 0 Å². The Bertz CT molecular complexity index is 752. The number of aliphatic hydroxyl groups is 1. The van der Waals surface area contributed by atoms with Crippen LogP contribution in [0, 0.1) is 0 Å². The molecule has 2 aromatic rings. The number of rotatable bonds is 6. The molecule has 0 radical (unpaired) electrons. The van der Waals surface area contributed by atoms with Crippen LogP contribution in [-0.2, 0) is 13.0 Å². The summed E-state index contributed by atoms with van der Waals surface area (Å²) in [5, 5.41) is 13.3. The van der Waals surface area contributed by atoms with Crippen molar-refractivity contribution in [2.45, 2.75) is 19.1 Å². The van der Waals surface area contributed by atoms with Crippen molar-refractivity contribution in [3.8, 4) is 5.75 Å². The molecule has 0 fully saturated rings. The SMILES string of the molecule is COc1ccc(NC(N)=NCC(O)CN2CCc3ccccc3C2)cc1.I. The second-order valence-corrected chi connectivity index (χ2v) is 6.49. The second kappa shape index (κ2) is 10.5. The summed E-state index contributed by atoms with van der Waals surface area (Å²) in [6.07, 6.45) is 0.476.